The van der Waals surface area contributed by atoms with Crippen molar-refractivity contribution in [2.24, 2.45) is 0 Å². The van der Waals surface area contributed by atoms with Gasteiger partial charge >= 0.3 is 0 Å². The summed E-state index contributed by atoms with van der Waals surface area (Å²) in [6.07, 6.45) is 1.30. The molecule has 0 bridgehead atoms. The molecule has 8 nitrogen and oxygen atoms in total. The van der Waals surface area contributed by atoms with E-state index in [1.54, 1.807) is 30.3 Å². The molecule has 0 unspecified atom stereocenters. The van der Waals surface area contributed by atoms with Crippen LogP contribution >= 0.6 is 0 Å². The van der Waals surface area contributed by atoms with Crippen LogP contribution in [0.15, 0.2) is 67.0 Å². The number of hydrazine groups is 1. The van der Waals surface area contributed by atoms with E-state index in [1.807, 2.05) is 37.3 Å². The summed E-state index contributed by atoms with van der Waals surface area (Å²) in [5, 5.41) is 0.939. The number of nitrogens with two attached hydrogens (primary N) is 1. The van der Waals surface area contributed by atoms with Crippen molar-refractivity contribution in [1.29, 1.82) is 0 Å². The highest BCUT2D eigenvalue weighted by atomic mass is 16.5. The minimum Gasteiger partial charge on any atom is -0.435 e. The molecule has 2 aromatic heterocycles. The minimum atomic E-state index is -0.320. The van der Waals surface area contributed by atoms with Crippen molar-refractivity contribution in [3.63, 3.8) is 0 Å². The number of nitrogen functional groups attached to an aromatic ring is 1. The number of nitrogens with one attached hydrogen (secondary N) is 2. The number of carbonyl (C=O) groups excluding carboxylic acids is 1. The second kappa shape index (κ2) is 7.81. The molecule has 0 aliphatic rings. The molecule has 4 aromatic rings. The molecule has 2 heterocycles. The molecule has 144 valence electrons. The third-order valence-corrected chi connectivity index (χ3v) is 4.21. The maximum atomic E-state index is 12.2. The SMILES string of the molecule is Cc1ccc2cccc(Oc3ncnc(NNC(=O)c4ccccc4)c3N)c2n1. The van der Waals surface area contributed by atoms with Gasteiger partial charge in [0.15, 0.2) is 11.6 Å². The number of aromatic nitrogens is 3. The molecule has 29 heavy (non-hydrogen) atoms. The van der Waals surface area contributed by atoms with Gasteiger partial charge in [0, 0.05) is 16.6 Å². The first-order valence-corrected chi connectivity index (χ1v) is 8.88. The lowest BCUT2D eigenvalue weighted by atomic mass is 10.2. The van der Waals surface area contributed by atoms with Crippen molar-refractivity contribution < 1.29 is 9.53 Å². The average molecular weight is 386 g/mol. The van der Waals surface area contributed by atoms with Crippen LogP contribution in [0.2, 0.25) is 0 Å². The second-order valence-corrected chi connectivity index (χ2v) is 6.27. The Bertz CT molecular complexity index is 1180. The number of aryl methyl sites for hydroxylation is 1. The van der Waals surface area contributed by atoms with Crippen LogP contribution in [0.4, 0.5) is 11.5 Å². The number of pyridine rings is 1. The number of anilines is 2. The maximum Gasteiger partial charge on any atom is 0.269 e. The van der Waals surface area contributed by atoms with Crippen molar-refractivity contribution in [2.75, 3.05) is 11.2 Å². The van der Waals surface area contributed by atoms with Crippen molar-refractivity contribution in [1.82, 2.24) is 20.4 Å². The van der Waals surface area contributed by atoms with Gasteiger partial charge in [-0.05, 0) is 31.2 Å². The van der Waals surface area contributed by atoms with Gasteiger partial charge in [0.05, 0.1) is 0 Å². The normalized spacial score (nSPS) is 10.5. The number of benzene rings is 2. The Kier molecular flexibility index (Phi) is 4.90. The summed E-state index contributed by atoms with van der Waals surface area (Å²) >= 11 is 0. The Morgan fingerprint density at radius 1 is 1.00 bits per heavy atom. The van der Waals surface area contributed by atoms with E-state index >= 15 is 0 Å². The summed E-state index contributed by atoms with van der Waals surface area (Å²) in [5.41, 5.74) is 13.7. The van der Waals surface area contributed by atoms with Crippen molar-refractivity contribution in [2.45, 2.75) is 6.92 Å². The molecule has 4 N–H and O–H groups in total. The number of carbonyl (C=O) groups is 1. The molecule has 2 aromatic carbocycles. The number of hydrogen-bond donors (Lipinski definition) is 3. The Labute approximate surface area is 166 Å². The van der Waals surface area contributed by atoms with E-state index in [9.17, 15) is 4.79 Å². The molecule has 4 rings (SSSR count). The lowest BCUT2D eigenvalue weighted by molar-refractivity contribution is 0.0962. The summed E-state index contributed by atoms with van der Waals surface area (Å²) in [6.45, 7) is 1.91. The minimum absolute atomic E-state index is 0.158. The summed E-state index contributed by atoms with van der Waals surface area (Å²) in [7, 11) is 0. The third-order valence-electron chi connectivity index (χ3n) is 4.21. The highest BCUT2D eigenvalue weighted by molar-refractivity contribution is 5.95. The quantitative estimate of drug-likeness (QED) is 0.450. The number of rotatable bonds is 5. The van der Waals surface area contributed by atoms with E-state index in [0.717, 1.165) is 11.1 Å². The fourth-order valence-electron chi connectivity index (χ4n) is 2.74. The van der Waals surface area contributed by atoms with Gasteiger partial charge in [-0.1, -0.05) is 36.4 Å². The molecule has 0 aliphatic carbocycles. The van der Waals surface area contributed by atoms with E-state index in [4.69, 9.17) is 10.5 Å². The first kappa shape index (κ1) is 18.2. The van der Waals surface area contributed by atoms with E-state index in [0.29, 0.717) is 16.8 Å². The van der Waals surface area contributed by atoms with Gasteiger partial charge in [0.2, 0.25) is 5.88 Å². The number of hydrogen-bond acceptors (Lipinski definition) is 7. The Balaban J connectivity index is 1.56. The first-order chi connectivity index (χ1) is 14.1. The highest BCUT2D eigenvalue weighted by Crippen LogP contribution is 2.32. The number of ether oxygens (including phenoxy) is 1. The molecule has 0 radical (unpaired) electrons. The van der Waals surface area contributed by atoms with Crippen LogP contribution in [0.3, 0.4) is 0 Å². The second-order valence-electron chi connectivity index (χ2n) is 6.27. The van der Waals surface area contributed by atoms with Crippen LogP contribution in [-0.2, 0) is 0 Å². The predicted octanol–water partition coefficient (Wildman–Crippen LogP) is 3.46. The maximum absolute atomic E-state index is 12.2. The van der Waals surface area contributed by atoms with Crippen LogP contribution in [0.1, 0.15) is 16.1 Å². The molecular formula is C21H18N6O2. The molecule has 0 spiro atoms. The van der Waals surface area contributed by atoms with E-state index in [2.05, 4.69) is 25.8 Å². The largest absolute Gasteiger partial charge is 0.435 e. The molecule has 1 amide bonds. The molecular weight excluding hydrogens is 368 g/mol. The fourth-order valence-corrected chi connectivity index (χ4v) is 2.74. The van der Waals surface area contributed by atoms with Crippen molar-refractivity contribution in [3.8, 4) is 11.6 Å². The van der Waals surface area contributed by atoms with E-state index in [-0.39, 0.29) is 23.3 Å². The van der Waals surface area contributed by atoms with Crippen LogP contribution in [0, 0.1) is 6.92 Å². The lowest BCUT2D eigenvalue weighted by Gasteiger charge is -2.13. The summed E-state index contributed by atoms with van der Waals surface area (Å²) in [6, 6.07) is 18.3. The first-order valence-electron chi connectivity index (χ1n) is 8.88. The Morgan fingerprint density at radius 3 is 2.66 bits per heavy atom. The number of para-hydroxylation sites is 1. The smallest absolute Gasteiger partial charge is 0.269 e. The Morgan fingerprint density at radius 2 is 1.83 bits per heavy atom. The van der Waals surface area contributed by atoms with Crippen LogP contribution in [0.5, 0.6) is 11.6 Å². The molecule has 0 saturated carbocycles. The molecule has 0 saturated heterocycles. The fraction of sp³-hybridized carbons (Fsp3) is 0.0476. The zero-order chi connectivity index (χ0) is 20.2. The van der Waals surface area contributed by atoms with Gasteiger partial charge in [0.25, 0.3) is 5.91 Å². The van der Waals surface area contributed by atoms with Gasteiger partial charge in [-0.3, -0.25) is 15.6 Å². The van der Waals surface area contributed by atoms with Crippen molar-refractivity contribution >= 4 is 28.3 Å². The van der Waals surface area contributed by atoms with Crippen LogP contribution in [0.25, 0.3) is 10.9 Å². The van der Waals surface area contributed by atoms with Gasteiger partial charge in [-0.2, -0.15) is 4.98 Å². The zero-order valence-electron chi connectivity index (χ0n) is 15.6. The Hall–Kier alpha value is -4.20. The zero-order valence-corrected chi connectivity index (χ0v) is 15.6. The standard InChI is InChI=1S/C21H18N6O2/c1-13-10-11-14-8-5-9-16(18(14)25-13)29-21-17(22)19(23-12-24-21)26-27-20(28)15-6-3-2-4-7-15/h2-12H,22H2,1H3,(H,27,28)(H,23,24,26). The van der Waals surface area contributed by atoms with E-state index in [1.165, 1.54) is 6.33 Å². The summed E-state index contributed by atoms with van der Waals surface area (Å²) in [5.74, 6) is 0.589. The van der Waals surface area contributed by atoms with Gasteiger partial charge in [-0.15, -0.1) is 0 Å². The van der Waals surface area contributed by atoms with Crippen LogP contribution in [-0.4, -0.2) is 20.9 Å². The number of nitrogens with zero attached hydrogens (tertiary/aromatic N) is 3. The molecule has 8 heteroatoms. The van der Waals surface area contributed by atoms with Crippen molar-refractivity contribution in [3.05, 3.63) is 78.2 Å². The molecule has 0 atom stereocenters. The predicted molar refractivity (Wildman–Crippen MR) is 111 cm³/mol. The van der Waals surface area contributed by atoms with Gasteiger partial charge in [0.1, 0.15) is 17.5 Å². The van der Waals surface area contributed by atoms with E-state index < -0.39 is 0 Å². The number of fused-ring (bicyclic) bond motifs is 1. The van der Waals surface area contributed by atoms with Crippen LogP contribution < -0.4 is 21.3 Å². The average Bonchev–Trinajstić information content (AvgIpc) is 2.75. The van der Waals surface area contributed by atoms with Gasteiger partial charge in [-0.25, -0.2) is 9.97 Å². The number of amides is 1. The topological polar surface area (TPSA) is 115 Å². The summed E-state index contributed by atoms with van der Waals surface area (Å²) < 4.78 is 5.92. The lowest BCUT2D eigenvalue weighted by Crippen LogP contribution is -2.30. The molecule has 0 fully saturated rings. The third kappa shape index (κ3) is 3.91. The summed E-state index contributed by atoms with van der Waals surface area (Å²) in [4.78, 5) is 24.9. The highest BCUT2D eigenvalue weighted by Gasteiger charge is 2.13. The van der Waals surface area contributed by atoms with Gasteiger partial charge < -0.3 is 10.5 Å². The monoisotopic (exact) mass is 386 g/mol. The molecule has 0 aliphatic heterocycles.